The molecule has 0 atom stereocenters. The van der Waals surface area contributed by atoms with Crippen LogP contribution in [0.15, 0.2) is 66.9 Å². The molecule has 6 N–H and O–H groups in total. The van der Waals surface area contributed by atoms with Crippen LogP contribution in [-0.4, -0.2) is 41.6 Å². The lowest BCUT2D eigenvalue weighted by atomic mass is 10.0. The van der Waals surface area contributed by atoms with E-state index in [-0.39, 0.29) is 34.8 Å². The van der Waals surface area contributed by atoms with E-state index in [2.05, 4.69) is 15.6 Å². The summed E-state index contributed by atoms with van der Waals surface area (Å²) in [4.78, 5) is 41.0. The van der Waals surface area contributed by atoms with Gasteiger partial charge in [-0.05, 0) is 55.3 Å². The minimum absolute atomic E-state index is 0. The number of anilines is 2. The molecule has 5 rings (SSSR count). The summed E-state index contributed by atoms with van der Waals surface area (Å²) in [6, 6.07) is 15.1. The second-order valence-electron chi connectivity index (χ2n) is 9.26. The number of halogens is 2. The van der Waals surface area contributed by atoms with Gasteiger partial charge in [0, 0.05) is 40.1 Å². The Morgan fingerprint density at radius 2 is 1.67 bits per heavy atom. The van der Waals surface area contributed by atoms with Gasteiger partial charge in [0.1, 0.15) is 11.2 Å². The number of fused-ring (bicyclic) bond motifs is 1. The molecule has 13 heteroatoms. The SMILES string of the molecule is COc1cc2c(Oc3ccc(NC(=O)C4(C(=O)Nc5cccc(Cl)c5)CC4)cc3F)ccnc2cc1OCC(=O)O.N. The largest absolute Gasteiger partial charge is 0.493 e. The normalized spacial score (nSPS) is 12.9. The first-order chi connectivity index (χ1) is 19.7. The molecule has 1 aromatic heterocycles. The number of ether oxygens (including phenoxy) is 3. The highest BCUT2D eigenvalue weighted by molar-refractivity contribution is 6.31. The van der Waals surface area contributed by atoms with E-state index in [9.17, 15) is 14.4 Å². The number of rotatable bonds is 10. The molecule has 1 saturated carbocycles. The van der Waals surface area contributed by atoms with Crippen LogP contribution in [0.3, 0.4) is 0 Å². The molecule has 0 radical (unpaired) electrons. The first kappa shape index (κ1) is 30.0. The van der Waals surface area contributed by atoms with Gasteiger partial charge in [0.15, 0.2) is 29.7 Å². The summed E-state index contributed by atoms with van der Waals surface area (Å²) in [6.45, 7) is -0.570. The molecule has 2 amide bonds. The highest BCUT2D eigenvalue weighted by Gasteiger charge is 2.56. The number of hydrogen-bond donors (Lipinski definition) is 4. The lowest BCUT2D eigenvalue weighted by molar-refractivity contribution is -0.139. The maximum atomic E-state index is 15.1. The molecule has 0 bridgehead atoms. The Bertz CT molecular complexity index is 1680. The summed E-state index contributed by atoms with van der Waals surface area (Å²) in [5.74, 6) is -2.37. The topological polar surface area (TPSA) is 171 Å². The van der Waals surface area contributed by atoms with E-state index in [0.717, 1.165) is 6.07 Å². The van der Waals surface area contributed by atoms with Crippen LogP contribution in [0.2, 0.25) is 5.02 Å². The Hall–Kier alpha value is -4.94. The fraction of sp³-hybridized carbons (Fsp3) is 0.172. The number of amides is 2. The van der Waals surface area contributed by atoms with E-state index in [1.54, 1.807) is 30.3 Å². The third kappa shape index (κ3) is 6.35. The molecule has 0 saturated heterocycles. The van der Waals surface area contributed by atoms with Gasteiger partial charge in [-0.1, -0.05) is 17.7 Å². The Morgan fingerprint density at radius 1 is 0.952 bits per heavy atom. The van der Waals surface area contributed by atoms with Crippen LogP contribution in [-0.2, 0) is 14.4 Å². The van der Waals surface area contributed by atoms with Crippen molar-refractivity contribution in [1.82, 2.24) is 11.1 Å². The zero-order valence-corrected chi connectivity index (χ0v) is 23.0. The number of nitrogens with zero attached hydrogens (tertiary/aromatic N) is 1. The Kier molecular flexibility index (Phi) is 8.79. The molecule has 11 nitrogen and oxygen atoms in total. The quantitative estimate of drug-likeness (QED) is 0.165. The first-order valence-electron chi connectivity index (χ1n) is 12.4. The van der Waals surface area contributed by atoms with Gasteiger partial charge in [-0.2, -0.15) is 0 Å². The second-order valence-corrected chi connectivity index (χ2v) is 9.70. The van der Waals surface area contributed by atoms with Gasteiger partial charge in [-0.25, -0.2) is 9.18 Å². The maximum absolute atomic E-state index is 15.1. The molecule has 0 unspecified atom stereocenters. The lowest BCUT2D eigenvalue weighted by Gasteiger charge is -2.16. The van der Waals surface area contributed by atoms with Gasteiger partial charge in [0.2, 0.25) is 11.8 Å². The summed E-state index contributed by atoms with van der Waals surface area (Å²) in [5, 5.41) is 15.1. The van der Waals surface area contributed by atoms with Gasteiger partial charge in [0.05, 0.1) is 12.6 Å². The fourth-order valence-electron chi connectivity index (χ4n) is 4.16. The van der Waals surface area contributed by atoms with Crippen molar-refractivity contribution in [3.05, 3.63) is 77.7 Å². The molecule has 0 spiro atoms. The van der Waals surface area contributed by atoms with E-state index < -0.39 is 35.6 Å². The van der Waals surface area contributed by atoms with Crippen LogP contribution in [0, 0.1) is 11.2 Å². The predicted octanol–water partition coefficient (Wildman–Crippen LogP) is 5.81. The number of aromatic nitrogens is 1. The van der Waals surface area contributed by atoms with Gasteiger partial charge in [-0.15, -0.1) is 0 Å². The molecular weight excluding hydrogens is 571 g/mol. The van der Waals surface area contributed by atoms with Crippen LogP contribution in [0.4, 0.5) is 15.8 Å². The summed E-state index contributed by atoms with van der Waals surface area (Å²) >= 11 is 5.97. The number of carbonyl (C=O) groups excluding carboxylic acids is 2. The lowest BCUT2D eigenvalue weighted by Crippen LogP contribution is -2.35. The number of nitrogens with one attached hydrogen (secondary N) is 2. The molecule has 1 aliphatic rings. The molecule has 0 aliphatic heterocycles. The average Bonchev–Trinajstić information content (AvgIpc) is 3.75. The molecule has 1 aliphatic carbocycles. The second kappa shape index (κ2) is 12.3. The van der Waals surface area contributed by atoms with Crippen molar-refractivity contribution in [2.75, 3.05) is 24.4 Å². The van der Waals surface area contributed by atoms with E-state index >= 15 is 4.39 Å². The summed E-state index contributed by atoms with van der Waals surface area (Å²) in [7, 11) is 1.39. The predicted molar refractivity (Wildman–Crippen MR) is 153 cm³/mol. The van der Waals surface area contributed by atoms with Crippen molar-refractivity contribution >= 4 is 51.7 Å². The number of aliphatic carboxylic acids is 1. The number of carbonyl (C=O) groups is 3. The van der Waals surface area contributed by atoms with Crippen molar-refractivity contribution in [3.63, 3.8) is 0 Å². The molecule has 3 aromatic carbocycles. The minimum atomic E-state index is -1.25. The highest BCUT2D eigenvalue weighted by Crippen LogP contribution is 2.48. The van der Waals surface area contributed by atoms with Crippen molar-refractivity contribution in [2.24, 2.45) is 5.41 Å². The molecule has 1 heterocycles. The van der Waals surface area contributed by atoms with Crippen LogP contribution in [0.5, 0.6) is 23.0 Å². The zero-order valence-electron chi connectivity index (χ0n) is 22.3. The number of carboxylic acids is 1. The molecule has 4 aromatic rings. The zero-order chi connectivity index (χ0) is 29.1. The van der Waals surface area contributed by atoms with Gasteiger partial charge < -0.3 is 36.1 Å². The van der Waals surface area contributed by atoms with Crippen molar-refractivity contribution in [2.45, 2.75) is 12.8 Å². The number of hydrogen-bond acceptors (Lipinski definition) is 8. The number of methoxy groups -OCH3 is 1. The first-order valence-corrected chi connectivity index (χ1v) is 12.7. The van der Waals surface area contributed by atoms with Crippen LogP contribution >= 0.6 is 11.6 Å². The van der Waals surface area contributed by atoms with Crippen molar-refractivity contribution in [3.8, 4) is 23.0 Å². The monoisotopic (exact) mass is 596 g/mol. The number of pyridine rings is 1. The maximum Gasteiger partial charge on any atom is 0.341 e. The van der Waals surface area contributed by atoms with E-state index in [0.29, 0.717) is 34.5 Å². The highest BCUT2D eigenvalue weighted by atomic mass is 35.5. The summed E-state index contributed by atoms with van der Waals surface area (Å²) < 4.78 is 31.5. The fourth-order valence-corrected chi connectivity index (χ4v) is 4.35. The van der Waals surface area contributed by atoms with Gasteiger partial charge in [-0.3, -0.25) is 14.6 Å². The Balaban J connectivity index is 0.00000405. The molecular formula is C29H26ClFN4O7. The van der Waals surface area contributed by atoms with Crippen LogP contribution in [0.25, 0.3) is 10.9 Å². The van der Waals surface area contributed by atoms with Crippen LogP contribution in [0.1, 0.15) is 12.8 Å². The standard InChI is InChI=1S/C29H23ClFN3O7.H3N/c1-39-24-13-19-21(14-25(24)40-15-26(35)36)32-10-7-22(19)41-23-6-5-18(12-20(23)31)34-28(38)29(8-9-29)27(37)33-17-4-2-3-16(30)11-17;/h2-7,10-14H,8-9,15H2,1H3,(H,33,37)(H,34,38)(H,35,36);1H3. The Labute approximate surface area is 244 Å². The Morgan fingerprint density at radius 3 is 2.29 bits per heavy atom. The van der Waals surface area contributed by atoms with Crippen molar-refractivity contribution in [1.29, 1.82) is 0 Å². The smallest absolute Gasteiger partial charge is 0.341 e. The minimum Gasteiger partial charge on any atom is -0.493 e. The van der Waals surface area contributed by atoms with Gasteiger partial charge >= 0.3 is 5.97 Å². The molecule has 42 heavy (non-hydrogen) atoms. The third-order valence-electron chi connectivity index (χ3n) is 6.45. The van der Waals surface area contributed by atoms with E-state index in [1.165, 1.54) is 37.6 Å². The third-order valence-corrected chi connectivity index (χ3v) is 6.68. The molecule has 218 valence electrons. The number of carboxylic acid groups (broad SMARTS) is 1. The van der Waals surface area contributed by atoms with Crippen LogP contribution < -0.4 is 31.0 Å². The summed E-state index contributed by atoms with van der Waals surface area (Å²) in [5.41, 5.74) is -0.225. The van der Waals surface area contributed by atoms with Crippen molar-refractivity contribution < 1.29 is 38.1 Å². The molecule has 1 fully saturated rings. The van der Waals surface area contributed by atoms with Gasteiger partial charge in [0.25, 0.3) is 0 Å². The number of benzene rings is 3. The average molecular weight is 597 g/mol. The van der Waals surface area contributed by atoms with E-state index in [4.69, 9.17) is 30.9 Å². The van der Waals surface area contributed by atoms with E-state index in [1.807, 2.05) is 0 Å². The summed E-state index contributed by atoms with van der Waals surface area (Å²) in [6.07, 6.45) is 2.16.